The van der Waals surface area contributed by atoms with Crippen LogP contribution >= 0.6 is 0 Å². The van der Waals surface area contributed by atoms with Gasteiger partial charge in [-0.05, 0) is 19.1 Å². The third-order valence-electron chi connectivity index (χ3n) is 2.18. The van der Waals surface area contributed by atoms with E-state index in [0.717, 1.165) is 0 Å². The van der Waals surface area contributed by atoms with E-state index in [4.69, 9.17) is 10.8 Å². The largest absolute Gasteiger partial charge is 0.481 e. The third kappa shape index (κ3) is 2.98. The zero-order valence-electron chi connectivity index (χ0n) is 8.96. The van der Waals surface area contributed by atoms with Gasteiger partial charge in [0.25, 0.3) is 0 Å². The van der Waals surface area contributed by atoms with Crippen LogP contribution < -0.4 is 10.6 Å². The van der Waals surface area contributed by atoms with Gasteiger partial charge in [-0.15, -0.1) is 0 Å². The Bertz CT molecular complexity index is 378. The topological polar surface area (TPSA) is 83.6 Å². The minimum absolute atomic E-state index is 0.141. The average Bonchev–Trinajstić information content (AvgIpc) is 2.17. The molecule has 2 amide bonds. The molecule has 1 unspecified atom stereocenters. The van der Waals surface area contributed by atoms with Crippen molar-refractivity contribution in [1.82, 2.24) is 0 Å². The molecule has 0 radical (unpaired) electrons. The Labute approximate surface area is 93.5 Å². The highest BCUT2D eigenvalue weighted by Crippen LogP contribution is 2.17. The van der Waals surface area contributed by atoms with Crippen molar-refractivity contribution < 1.29 is 14.7 Å². The number of amides is 2. The zero-order valence-corrected chi connectivity index (χ0v) is 8.96. The number of carboxylic acid groups (broad SMARTS) is 1. The Kier molecular flexibility index (Phi) is 3.88. The summed E-state index contributed by atoms with van der Waals surface area (Å²) in [4.78, 5) is 23.1. The highest BCUT2D eigenvalue weighted by atomic mass is 16.4. The van der Waals surface area contributed by atoms with Crippen molar-refractivity contribution in [2.24, 2.45) is 5.73 Å². The number of hydrogen-bond donors (Lipinski definition) is 2. The van der Waals surface area contributed by atoms with E-state index >= 15 is 0 Å². The second-order valence-electron chi connectivity index (χ2n) is 3.49. The Morgan fingerprint density at radius 3 is 2.38 bits per heavy atom. The molecule has 1 aromatic rings. The van der Waals surface area contributed by atoms with Crippen LogP contribution in [0.1, 0.15) is 13.3 Å². The van der Waals surface area contributed by atoms with Gasteiger partial charge in [-0.3, -0.25) is 9.69 Å². The van der Waals surface area contributed by atoms with Crippen LogP contribution in [-0.2, 0) is 4.79 Å². The second-order valence-corrected chi connectivity index (χ2v) is 3.49. The molecular formula is C11H14N2O3. The number of aliphatic carboxylic acids is 1. The van der Waals surface area contributed by atoms with Gasteiger partial charge in [0, 0.05) is 11.7 Å². The van der Waals surface area contributed by atoms with E-state index in [9.17, 15) is 9.59 Å². The van der Waals surface area contributed by atoms with Crippen molar-refractivity contribution >= 4 is 17.7 Å². The number of carbonyl (C=O) groups excluding carboxylic acids is 1. The Morgan fingerprint density at radius 1 is 1.38 bits per heavy atom. The molecule has 0 aliphatic heterocycles. The van der Waals surface area contributed by atoms with E-state index in [1.165, 1.54) is 4.90 Å². The molecule has 0 saturated heterocycles. The summed E-state index contributed by atoms with van der Waals surface area (Å²) >= 11 is 0. The third-order valence-corrected chi connectivity index (χ3v) is 2.18. The normalized spacial score (nSPS) is 11.8. The summed E-state index contributed by atoms with van der Waals surface area (Å²) in [7, 11) is 0. The first-order valence-electron chi connectivity index (χ1n) is 4.88. The van der Waals surface area contributed by atoms with Gasteiger partial charge in [-0.1, -0.05) is 18.2 Å². The smallest absolute Gasteiger partial charge is 0.319 e. The Morgan fingerprint density at radius 2 is 1.94 bits per heavy atom. The van der Waals surface area contributed by atoms with Crippen molar-refractivity contribution in [1.29, 1.82) is 0 Å². The van der Waals surface area contributed by atoms with Crippen LogP contribution in [0.15, 0.2) is 30.3 Å². The van der Waals surface area contributed by atoms with E-state index in [2.05, 4.69) is 0 Å². The molecule has 1 aromatic carbocycles. The molecule has 0 aliphatic rings. The SMILES string of the molecule is CC(CC(=O)O)N(C(N)=O)c1ccccc1. The number of carbonyl (C=O) groups is 2. The van der Waals surface area contributed by atoms with Crippen molar-refractivity contribution in [3.8, 4) is 0 Å². The number of nitrogens with zero attached hydrogens (tertiary/aromatic N) is 1. The van der Waals surface area contributed by atoms with E-state index in [1.807, 2.05) is 6.07 Å². The number of carboxylic acids is 1. The molecule has 5 nitrogen and oxygen atoms in total. The minimum atomic E-state index is -0.963. The van der Waals surface area contributed by atoms with Crippen LogP contribution in [0.4, 0.5) is 10.5 Å². The molecule has 16 heavy (non-hydrogen) atoms. The van der Waals surface area contributed by atoms with E-state index in [-0.39, 0.29) is 6.42 Å². The zero-order chi connectivity index (χ0) is 12.1. The molecule has 0 aromatic heterocycles. The number of para-hydroxylation sites is 1. The molecule has 0 heterocycles. The van der Waals surface area contributed by atoms with Gasteiger partial charge in [-0.25, -0.2) is 4.79 Å². The lowest BCUT2D eigenvalue weighted by atomic mass is 10.2. The molecule has 0 fully saturated rings. The summed E-state index contributed by atoms with van der Waals surface area (Å²) in [6.07, 6.45) is -0.141. The summed E-state index contributed by atoms with van der Waals surface area (Å²) in [5.41, 5.74) is 5.84. The highest BCUT2D eigenvalue weighted by Gasteiger charge is 2.21. The summed E-state index contributed by atoms with van der Waals surface area (Å²) in [6.45, 7) is 1.64. The number of benzene rings is 1. The van der Waals surface area contributed by atoms with Gasteiger partial charge in [0.2, 0.25) is 0 Å². The van der Waals surface area contributed by atoms with Gasteiger partial charge >= 0.3 is 12.0 Å². The number of hydrogen-bond acceptors (Lipinski definition) is 2. The van der Waals surface area contributed by atoms with Crippen LogP contribution in [0.25, 0.3) is 0 Å². The van der Waals surface area contributed by atoms with E-state index in [0.29, 0.717) is 5.69 Å². The number of urea groups is 1. The predicted molar refractivity (Wildman–Crippen MR) is 60.2 cm³/mol. The van der Waals surface area contributed by atoms with Crippen LogP contribution in [0.5, 0.6) is 0 Å². The fourth-order valence-corrected chi connectivity index (χ4v) is 1.53. The molecule has 0 aliphatic carbocycles. The van der Waals surface area contributed by atoms with Gasteiger partial charge in [0.05, 0.1) is 6.42 Å². The Hall–Kier alpha value is -2.04. The molecule has 0 spiro atoms. The maximum Gasteiger partial charge on any atom is 0.319 e. The summed E-state index contributed by atoms with van der Waals surface area (Å²) < 4.78 is 0. The fourth-order valence-electron chi connectivity index (χ4n) is 1.53. The van der Waals surface area contributed by atoms with Crippen LogP contribution in [-0.4, -0.2) is 23.1 Å². The first kappa shape index (κ1) is 12.0. The summed E-state index contributed by atoms with van der Waals surface area (Å²) in [5, 5.41) is 8.68. The molecule has 1 rings (SSSR count). The summed E-state index contributed by atoms with van der Waals surface area (Å²) in [6, 6.07) is 7.63. The lowest BCUT2D eigenvalue weighted by molar-refractivity contribution is -0.137. The lowest BCUT2D eigenvalue weighted by Gasteiger charge is -2.26. The summed E-state index contributed by atoms with van der Waals surface area (Å²) in [5.74, 6) is -0.963. The first-order valence-corrected chi connectivity index (χ1v) is 4.88. The van der Waals surface area contributed by atoms with Crippen LogP contribution in [0.2, 0.25) is 0 Å². The van der Waals surface area contributed by atoms with Crippen LogP contribution in [0.3, 0.4) is 0 Å². The van der Waals surface area contributed by atoms with Gasteiger partial charge in [-0.2, -0.15) is 0 Å². The van der Waals surface area contributed by atoms with Gasteiger partial charge in [0.1, 0.15) is 0 Å². The quantitative estimate of drug-likeness (QED) is 0.808. The predicted octanol–water partition coefficient (Wildman–Crippen LogP) is 1.43. The molecule has 0 saturated carbocycles. The molecule has 1 atom stereocenters. The fraction of sp³-hybridized carbons (Fsp3) is 0.273. The minimum Gasteiger partial charge on any atom is -0.481 e. The van der Waals surface area contributed by atoms with Crippen molar-refractivity contribution in [3.05, 3.63) is 30.3 Å². The standard InChI is InChI=1S/C11H14N2O3/c1-8(7-10(14)15)13(11(12)16)9-5-3-2-4-6-9/h2-6,8H,7H2,1H3,(H2,12,16)(H,14,15). The molecule has 5 heteroatoms. The van der Waals surface area contributed by atoms with Crippen LogP contribution in [0, 0.1) is 0 Å². The number of anilines is 1. The average molecular weight is 222 g/mol. The first-order chi connectivity index (χ1) is 7.52. The van der Waals surface area contributed by atoms with Crippen molar-refractivity contribution in [2.45, 2.75) is 19.4 Å². The maximum absolute atomic E-state index is 11.3. The number of rotatable bonds is 4. The molecular weight excluding hydrogens is 208 g/mol. The highest BCUT2D eigenvalue weighted by molar-refractivity contribution is 5.91. The van der Waals surface area contributed by atoms with Crippen molar-refractivity contribution in [3.63, 3.8) is 0 Å². The van der Waals surface area contributed by atoms with Crippen molar-refractivity contribution in [2.75, 3.05) is 4.90 Å². The monoisotopic (exact) mass is 222 g/mol. The second kappa shape index (κ2) is 5.16. The van der Waals surface area contributed by atoms with E-state index in [1.54, 1.807) is 31.2 Å². The lowest BCUT2D eigenvalue weighted by Crippen LogP contribution is -2.43. The van der Waals surface area contributed by atoms with E-state index < -0.39 is 18.0 Å². The molecule has 3 N–H and O–H groups in total. The number of nitrogens with two attached hydrogens (primary N) is 1. The van der Waals surface area contributed by atoms with Gasteiger partial charge in [0.15, 0.2) is 0 Å². The number of primary amides is 1. The molecule has 0 bridgehead atoms. The Balaban J connectivity index is 2.92. The maximum atomic E-state index is 11.3. The van der Waals surface area contributed by atoms with Gasteiger partial charge < -0.3 is 10.8 Å². The molecule has 86 valence electrons.